The van der Waals surface area contributed by atoms with Crippen molar-refractivity contribution in [2.24, 2.45) is 5.92 Å². The highest BCUT2D eigenvalue weighted by Crippen LogP contribution is 2.06. The number of allylic oxidation sites excluding steroid dienone is 3. The summed E-state index contributed by atoms with van der Waals surface area (Å²) in [6, 6.07) is 9.62. The normalized spacial score (nSPS) is 12.1. The molecule has 0 unspecified atom stereocenters. The van der Waals surface area contributed by atoms with Crippen molar-refractivity contribution >= 4 is 5.97 Å². The van der Waals surface area contributed by atoms with E-state index < -0.39 is 0 Å². The zero-order valence-corrected chi connectivity index (χ0v) is 12.6. The number of hydrogen-bond donors (Lipinski definition) is 0. The Labute approximate surface area is 122 Å². The molecule has 0 aliphatic heterocycles. The van der Waals surface area contributed by atoms with E-state index in [-0.39, 0.29) is 5.97 Å². The molecule has 0 aliphatic rings. The molecule has 1 rings (SSSR count). The summed E-state index contributed by atoms with van der Waals surface area (Å²) in [5, 5.41) is 0. The average molecular weight is 272 g/mol. The molecule has 0 atom stereocenters. The largest absolute Gasteiger partial charge is 0.434 e. The Hall–Kier alpha value is -1.83. The molecule has 20 heavy (non-hydrogen) atoms. The highest BCUT2D eigenvalue weighted by Gasteiger charge is 2.02. The minimum absolute atomic E-state index is 0.221. The van der Waals surface area contributed by atoms with Crippen LogP contribution in [0.4, 0.5) is 0 Å². The minimum atomic E-state index is -0.221. The predicted octanol–water partition coefficient (Wildman–Crippen LogP) is 4.67. The second kappa shape index (κ2) is 9.13. The molecule has 0 saturated carbocycles. The van der Waals surface area contributed by atoms with Gasteiger partial charge in [-0.1, -0.05) is 56.3 Å². The fourth-order valence-corrected chi connectivity index (χ4v) is 1.66. The summed E-state index contributed by atoms with van der Waals surface area (Å²) in [5.74, 6) is 0.459. The smallest absolute Gasteiger partial charge is 0.315 e. The van der Waals surface area contributed by atoms with Crippen LogP contribution in [0.25, 0.3) is 0 Å². The number of carbonyl (C=O) groups excluding carboxylic acids is 1. The third-order valence-electron chi connectivity index (χ3n) is 2.80. The summed E-state index contributed by atoms with van der Waals surface area (Å²) < 4.78 is 5.15. The molecule has 108 valence electrons. The van der Waals surface area contributed by atoms with Crippen LogP contribution in [0.3, 0.4) is 0 Å². The van der Waals surface area contributed by atoms with Gasteiger partial charge < -0.3 is 4.74 Å². The summed E-state index contributed by atoms with van der Waals surface area (Å²) in [6.45, 7) is 6.35. The first-order valence-corrected chi connectivity index (χ1v) is 7.12. The lowest BCUT2D eigenvalue weighted by Crippen LogP contribution is -2.04. The molecule has 0 aromatic heterocycles. The fraction of sp³-hybridized carbons (Fsp3) is 0.389. The molecule has 0 spiro atoms. The van der Waals surface area contributed by atoms with E-state index in [1.54, 1.807) is 6.26 Å². The van der Waals surface area contributed by atoms with Crippen molar-refractivity contribution in [1.29, 1.82) is 0 Å². The second-order valence-electron chi connectivity index (χ2n) is 5.42. The summed E-state index contributed by atoms with van der Waals surface area (Å²) in [5.41, 5.74) is 2.02. The molecule has 2 heteroatoms. The van der Waals surface area contributed by atoms with E-state index in [1.807, 2.05) is 37.3 Å². The first-order chi connectivity index (χ1) is 9.58. The van der Waals surface area contributed by atoms with E-state index in [4.69, 9.17) is 4.74 Å². The van der Waals surface area contributed by atoms with Gasteiger partial charge >= 0.3 is 5.97 Å². The van der Waals surface area contributed by atoms with Gasteiger partial charge in [0.15, 0.2) is 0 Å². The quantitative estimate of drug-likeness (QED) is 0.409. The van der Waals surface area contributed by atoms with E-state index >= 15 is 0 Å². The van der Waals surface area contributed by atoms with Crippen LogP contribution in [-0.4, -0.2) is 5.97 Å². The lowest BCUT2D eigenvalue weighted by atomic mass is 10.1. The van der Waals surface area contributed by atoms with Gasteiger partial charge in [-0.15, -0.1) is 0 Å². The monoisotopic (exact) mass is 272 g/mol. The van der Waals surface area contributed by atoms with E-state index in [0.717, 1.165) is 24.0 Å². The maximum Gasteiger partial charge on any atom is 0.315 e. The number of rotatable bonds is 7. The third-order valence-corrected chi connectivity index (χ3v) is 2.80. The highest BCUT2D eigenvalue weighted by atomic mass is 16.5. The Morgan fingerprint density at radius 2 is 1.90 bits per heavy atom. The van der Waals surface area contributed by atoms with Gasteiger partial charge in [0.2, 0.25) is 0 Å². The van der Waals surface area contributed by atoms with Crippen molar-refractivity contribution in [1.82, 2.24) is 0 Å². The minimum Gasteiger partial charge on any atom is -0.434 e. The lowest BCUT2D eigenvalue weighted by Gasteiger charge is -2.02. The summed E-state index contributed by atoms with van der Waals surface area (Å²) in [7, 11) is 0. The van der Waals surface area contributed by atoms with Gasteiger partial charge in [-0.3, -0.25) is 4.79 Å². The first kappa shape index (κ1) is 16.2. The Morgan fingerprint density at radius 1 is 1.20 bits per heavy atom. The fourth-order valence-electron chi connectivity index (χ4n) is 1.66. The average Bonchev–Trinajstić information content (AvgIpc) is 2.42. The number of esters is 1. The van der Waals surface area contributed by atoms with Crippen LogP contribution in [0.5, 0.6) is 0 Å². The van der Waals surface area contributed by atoms with E-state index in [2.05, 4.69) is 26.0 Å². The molecule has 0 amide bonds. The van der Waals surface area contributed by atoms with Gasteiger partial charge in [-0.2, -0.15) is 0 Å². The molecule has 0 fully saturated rings. The molecule has 0 aliphatic carbocycles. The van der Waals surface area contributed by atoms with Crippen LogP contribution < -0.4 is 0 Å². The Bertz CT molecular complexity index is 456. The number of ether oxygens (including phenoxy) is 1. The van der Waals surface area contributed by atoms with E-state index in [1.165, 1.54) is 0 Å². The molecule has 0 N–H and O–H groups in total. The molecule has 0 heterocycles. The van der Waals surface area contributed by atoms with E-state index in [0.29, 0.717) is 12.3 Å². The molecule has 2 nitrogen and oxygen atoms in total. The zero-order chi connectivity index (χ0) is 14.8. The zero-order valence-electron chi connectivity index (χ0n) is 12.6. The third kappa shape index (κ3) is 7.57. The van der Waals surface area contributed by atoms with Crippen molar-refractivity contribution in [3.63, 3.8) is 0 Å². The van der Waals surface area contributed by atoms with Crippen LogP contribution >= 0.6 is 0 Å². The number of hydrogen-bond acceptors (Lipinski definition) is 2. The summed E-state index contributed by atoms with van der Waals surface area (Å²) >= 11 is 0. The number of benzene rings is 1. The van der Waals surface area contributed by atoms with Crippen molar-refractivity contribution in [3.8, 4) is 0 Å². The van der Waals surface area contributed by atoms with E-state index in [9.17, 15) is 4.79 Å². The molecular formula is C18H24O2. The molecule has 1 aromatic rings. The van der Waals surface area contributed by atoms with Crippen LogP contribution in [0.15, 0.2) is 54.3 Å². The van der Waals surface area contributed by atoms with Gasteiger partial charge in [0.05, 0.1) is 12.7 Å². The number of carbonyl (C=O) groups is 1. The van der Waals surface area contributed by atoms with Gasteiger partial charge in [-0.25, -0.2) is 0 Å². The molecule has 0 bridgehead atoms. The molecule has 1 aromatic carbocycles. The highest BCUT2D eigenvalue weighted by molar-refractivity contribution is 5.73. The lowest BCUT2D eigenvalue weighted by molar-refractivity contribution is -0.137. The Balaban J connectivity index is 2.31. The van der Waals surface area contributed by atoms with Crippen LogP contribution in [-0.2, 0) is 16.0 Å². The van der Waals surface area contributed by atoms with Crippen LogP contribution in [0.1, 0.15) is 39.2 Å². The molecule has 0 saturated heterocycles. The van der Waals surface area contributed by atoms with Crippen LogP contribution in [0, 0.1) is 5.92 Å². The van der Waals surface area contributed by atoms with Gasteiger partial charge in [-0.05, 0) is 36.8 Å². The summed E-state index contributed by atoms with van der Waals surface area (Å²) in [6.07, 6.45) is 8.08. The standard InChI is InChI=1S/C18H24O2/c1-15(2)9-7-8-10-16(3)14-20-18(19)13-17-11-5-4-6-12-17/h4-8,11-12,14-15H,9-10,13H2,1-3H3/b8-7+,16-14+. The maximum atomic E-state index is 11.7. The van der Waals surface area contributed by atoms with Crippen molar-refractivity contribution in [3.05, 3.63) is 59.9 Å². The Kier molecular flexibility index (Phi) is 7.41. The van der Waals surface area contributed by atoms with Gasteiger partial charge in [0.1, 0.15) is 0 Å². The van der Waals surface area contributed by atoms with Crippen molar-refractivity contribution in [2.45, 2.75) is 40.0 Å². The topological polar surface area (TPSA) is 26.3 Å². The first-order valence-electron chi connectivity index (χ1n) is 7.12. The second-order valence-corrected chi connectivity index (χ2v) is 5.42. The Morgan fingerprint density at radius 3 is 2.55 bits per heavy atom. The SMILES string of the molecule is C/C(=C\OC(=O)Cc1ccccc1)C/C=C/CC(C)C. The predicted molar refractivity (Wildman–Crippen MR) is 83.2 cm³/mol. The maximum absolute atomic E-state index is 11.7. The van der Waals surface area contributed by atoms with Crippen molar-refractivity contribution in [2.75, 3.05) is 0 Å². The molecular weight excluding hydrogens is 248 g/mol. The summed E-state index contributed by atoms with van der Waals surface area (Å²) in [4.78, 5) is 11.7. The van der Waals surface area contributed by atoms with Gasteiger partial charge in [0.25, 0.3) is 0 Å². The van der Waals surface area contributed by atoms with Crippen LogP contribution in [0.2, 0.25) is 0 Å². The van der Waals surface area contributed by atoms with Crippen molar-refractivity contribution < 1.29 is 9.53 Å². The molecule has 0 radical (unpaired) electrons. The van der Waals surface area contributed by atoms with Gasteiger partial charge in [0, 0.05) is 0 Å².